The van der Waals surface area contributed by atoms with Crippen LogP contribution in [0.4, 0.5) is 0 Å². The number of halogens is 1. The molecule has 1 aliphatic heterocycles. The second kappa shape index (κ2) is 5.44. The SMILES string of the molecule is CC(CN1CCCC1=O)NC(=O)c1ccc(Cl)o1. The second-order valence-electron chi connectivity index (χ2n) is 4.42. The molecule has 0 aromatic carbocycles. The third-order valence-corrected chi connectivity index (χ3v) is 3.04. The van der Waals surface area contributed by atoms with Crippen LogP contribution in [0.2, 0.25) is 5.22 Å². The summed E-state index contributed by atoms with van der Waals surface area (Å²) in [6, 6.07) is 2.92. The van der Waals surface area contributed by atoms with Crippen molar-refractivity contribution in [3.8, 4) is 0 Å². The van der Waals surface area contributed by atoms with Gasteiger partial charge in [0.2, 0.25) is 5.91 Å². The molecular formula is C12H15ClN2O3. The first-order valence-corrected chi connectivity index (χ1v) is 6.28. The number of nitrogens with one attached hydrogen (secondary N) is 1. The Morgan fingerprint density at radius 3 is 2.94 bits per heavy atom. The van der Waals surface area contributed by atoms with Crippen LogP contribution in [-0.2, 0) is 4.79 Å². The molecule has 1 N–H and O–H groups in total. The molecular weight excluding hydrogens is 256 g/mol. The molecule has 0 spiro atoms. The molecule has 1 aromatic rings. The molecule has 1 saturated heterocycles. The Morgan fingerprint density at radius 2 is 2.39 bits per heavy atom. The van der Waals surface area contributed by atoms with E-state index in [1.165, 1.54) is 12.1 Å². The third kappa shape index (κ3) is 3.04. The molecule has 1 atom stereocenters. The highest BCUT2D eigenvalue weighted by atomic mass is 35.5. The zero-order valence-electron chi connectivity index (χ0n) is 10.1. The molecule has 6 heteroatoms. The number of hydrogen-bond donors (Lipinski definition) is 1. The summed E-state index contributed by atoms with van der Waals surface area (Å²) in [6.45, 7) is 3.15. The fourth-order valence-corrected chi connectivity index (χ4v) is 2.15. The van der Waals surface area contributed by atoms with Crippen LogP contribution in [0.1, 0.15) is 30.3 Å². The molecule has 1 fully saturated rings. The van der Waals surface area contributed by atoms with Crippen molar-refractivity contribution in [1.82, 2.24) is 10.2 Å². The first-order valence-electron chi connectivity index (χ1n) is 5.90. The first-order chi connectivity index (χ1) is 8.56. The summed E-state index contributed by atoms with van der Waals surface area (Å²) >= 11 is 5.60. The summed E-state index contributed by atoms with van der Waals surface area (Å²) in [6.07, 6.45) is 1.50. The molecule has 2 heterocycles. The van der Waals surface area contributed by atoms with E-state index in [1.807, 2.05) is 6.92 Å². The van der Waals surface area contributed by atoms with Gasteiger partial charge in [-0.05, 0) is 37.1 Å². The van der Waals surface area contributed by atoms with Gasteiger partial charge in [0.1, 0.15) is 0 Å². The number of carbonyl (C=O) groups excluding carboxylic acids is 2. The van der Waals surface area contributed by atoms with Crippen LogP contribution in [0.5, 0.6) is 0 Å². The van der Waals surface area contributed by atoms with Crippen molar-refractivity contribution < 1.29 is 14.0 Å². The summed E-state index contributed by atoms with van der Waals surface area (Å²) in [5, 5.41) is 2.95. The van der Waals surface area contributed by atoms with Gasteiger partial charge in [0.15, 0.2) is 11.0 Å². The van der Waals surface area contributed by atoms with E-state index >= 15 is 0 Å². The lowest BCUT2D eigenvalue weighted by molar-refractivity contribution is -0.127. The molecule has 1 aromatic heterocycles. The normalized spacial score (nSPS) is 17.0. The van der Waals surface area contributed by atoms with Crippen molar-refractivity contribution in [3.63, 3.8) is 0 Å². The third-order valence-electron chi connectivity index (χ3n) is 2.84. The van der Waals surface area contributed by atoms with E-state index in [0.717, 1.165) is 13.0 Å². The van der Waals surface area contributed by atoms with Gasteiger partial charge in [-0.1, -0.05) is 0 Å². The number of carbonyl (C=O) groups is 2. The zero-order valence-corrected chi connectivity index (χ0v) is 10.9. The zero-order chi connectivity index (χ0) is 13.1. The second-order valence-corrected chi connectivity index (χ2v) is 4.79. The van der Waals surface area contributed by atoms with E-state index in [0.29, 0.717) is 13.0 Å². The van der Waals surface area contributed by atoms with Gasteiger partial charge in [-0.3, -0.25) is 9.59 Å². The van der Waals surface area contributed by atoms with Crippen LogP contribution in [-0.4, -0.2) is 35.8 Å². The fraction of sp³-hybridized carbons (Fsp3) is 0.500. The summed E-state index contributed by atoms with van der Waals surface area (Å²) < 4.78 is 5.01. The molecule has 5 nitrogen and oxygen atoms in total. The van der Waals surface area contributed by atoms with Gasteiger partial charge in [0.25, 0.3) is 5.91 Å². The Labute approximate surface area is 110 Å². The van der Waals surface area contributed by atoms with Gasteiger partial charge >= 0.3 is 0 Å². The number of rotatable bonds is 4. The van der Waals surface area contributed by atoms with Crippen molar-refractivity contribution in [2.45, 2.75) is 25.8 Å². The Bertz CT molecular complexity index is 458. The van der Waals surface area contributed by atoms with Gasteiger partial charge in [0, 0.05) is 25.6 Å². The molecule has 1 unspecified atom stereocenters. The molecule has 18 heavy (non-hydrogen) atoms. The van der Waals surface area contributed by atoms with Crippen LogP contribution in [0.3, 0.4) is 0 Å². The molecule has 1 aliphatic rings. The maximum Gasteiger partial charge on any atom is 0.287 e. The lowest BCUT2D eigenvalue weighted by Crippen LogP contribution is -2.42. The maximum atomic E-state index is 11.8. The van der Waals surface area contributed by atoms with E-state index in [4.69, 9.17) is 16.0 Å². The van der Waals surface area contributed by atoms with Crippen molar-refractivity contribution in [2.75, 3.05) is 13.1 Å². The van der Waals surface area contributed by atoms with Crippen LogP contribution < -0.4 is 5.32 Å². The molecule has 2 amide bonds. The number of likely N-dealkylation sites (tertiary alicyclic amines) is 1. The van der Waals surface area contributed by atoms with Crippen molar-refractivity contribution in [1.29, 1.82) is 0 Å². The average molecular weight is 271 g/mol. The van der Waals surface area contributed by atoms with Gasteiger partial charge in [-0.25, -0.2) is 0 Å². The maximum absolute atomic E-state index is 11.8. The highest BCUT2D eigenvalue weighted by Crippen LogP contribution is 2.13. The summed E-state index contributed by atoms with van der Waals surface area (Å²) in [4.78, 5) is 25.0. The highest BCUT2D eigenvalue weighted by molar-refractivity contribution is 6.29. The van der Waals surface area contributed by atoms with Crippen molar-refractivity contribution in [2.24, 2.45) is 0 Å². The predicted octanol–water partition coefficient (Wildman–Crippen LogP) is 1.67. The largest absolute Gasteiger partial charge is 0.440 e. The lowest BCUT2D eigenvalue weighted by Gasteiger charge is -2.21. The fourth-order valence-electron chi connectivity index (χ4n) is 2.00. The number of nitrogens with zero attached hydrogens (tertiary/aromatic N) is 1. The molecule has 2 rings (SSSR count). The van der Waals surface area contributed by atoms with E-state index in [9.17, 15) is 9.59 Å². The quantitative estimate of drug-likeness (QED) is 0.905. The summed E-state index contributed by atoms with van der Waals surface area (Å²) in [5.41, 5.74) is 0. The Morgan fingerprint density at radius 1 is 1.61 bits per heavy atom. The van der Waals surface area contributed by atoms with Gasteiger partial charge in [-0.2, -0.15) is 0 Å². The number of hydrogen-bond acceptors (Lipinski definition) is 3. The highest BCUT2D eigenvalue weighted by Gasteiger charge is 2.23. The van der Waals surface area contributed by atoms with Crippen molar-refractivity contribution in [3.05, 3.63) is 23.1 Å². The first kappa shape index (κ1) is 13.0. The average Bonchev–Trinajstić information content (AvgIpc) is 2.89. The Kier molecular flexibility index (Phi) is 3.91. The van der Waals surface area contributed by atoms with Crippen LogP contribution >= 0.6 is 11.6 Å². The molecule has 0 saturated carbocycles. The van der Waals surface area contributed by atoms with Gasteiger partial charge in [0.05, 0.1) is 0 Å². The van der Waals surface area contributed by atoms with E-state index < -0.39 is 0 Å². The molecule has 98 valence electrons. The molecule has 0 bridgehead atoms. The minimum atomic E-state index is -0.318. The minimum Gasteiger partial charge on any atom is -0.440 e. The number of amides is 2. The monoisotopic (exact) mass is 270 g/mol. The summed E-state index contributed by atoms with van der Waals surface area (Å²) in [5.74, 6) is 0.0118. The van der Waals surface area contributed by atoms with E-state index in [-0.39, 0.29) is 28.8 Å². The predicted molar refractivity (Wildman–Crippen MR) is 66.5 cm³/mol. The summed E-state index contributed by atoms with van der Waals surface area (Å²) in [7, 11) is 0. The smallest absolute Gasteiger partial charge is 0.287 e. The van der Waals surface area contributed by atoms with Crippen LogP contribution in [0, 0.1) is 0 Å². The van der Waals surface area contributed by atoms with Crippen molar-refractivity contribution >= 4 is 23.4 Å². The Hall–Kier alpha value is -1.49. The standard InChI is InChI=1S/C12H15ClN2O3/c1-8(7-15-6-2-3-11(15)16)14-12(17)9-4-5-10(13)18-9/h4-5,8H,2-3,6-7H2,1H3,(H,14,17). The van der Waals surface area contributed by atoms with Gasteiger partial charge in [-0.15, -0.1) is 0 Å². The topological polar surface area (TPSA) is 62.6 Å². The van der Waals surface area contributed by atoms with Gasteiger partial charge < -0.3 is 14.6 Å². The van der Waals surface area contributed by atoms with E-state index in [1.54, 1.807) is 4.90 Å². The van der Waals surface area contributed by atoms with Crippen LogP contribution in [0.25, 0.3) is 0 Å². The van der Waals surface area contributed by atoms with E-state index in [2.05, 4.69) is 5.32 Å². The Balaban J connectivity index is 1.85. The number of furan rings is 1. The molecule has 0 radical (unpaired) electrons. The molecule has 0 aliphatic carbocycles. The van der Waals surface area contributed by atoms with Crippen LogP contribution in [0.15, 0.2) is 16.5 Å². The lowest BCUT2D eigenvalue weighted by atomic mass is 10.3. The minimum absolute atomic E-state index is 0.122.